The Morgan fingerprint density at radius 3 is 1.58 bits per heavy atom. The van der Waals surface area contributed by atoms with E-state index in [1.807, 2.05) is 66.7 Å². The van der Waals surface area contributed by atoms with Crippen LogP contribution in [0.3, 0.4) is 0 Å². The number of ether oxygens (including phenoxy) is 2. The molecular weight excluding hydrogens is 480 g/mol. The van der Waals surface area contributed by atoms with Crippen molar-refractivity contribution in [1.29, 1.82) is 0 Å². The first-order chi connectivity index (χ1) is 18.4. The molecule has 0 radical (unpaired) electrons. The van der Waals surface area contributed by atoms with Crippen molar-refractivity contribution in [3.8, 4) is 17.2 Å². The highest BCUT2D eigenvalue weighted by Crippen LogP contribution is 2.37. The van der Waals surface area contributed by atoms with E-state index in [-0.39, 0.29) is 17.0 Å². The first kappa shape index (κ1) is 24.6. The molecular formula is C32H24O6. The summed E-state index contributed by atoms with van der Waals surface area (Å²) in [6.45, 7) is 0. The maximum Gasteiger partial charge on any atom is 0.335 e. The van der Waals surface area contributed by atoms with Gasteiger partial charge in [0.05, 0.1) is 11.1 Å². The van der Waals surface area contributed by atoms with Crippen molar-refractivity contribution in [2.75, 3.05) is 0 Å². The van der Waals surface area contributed by atoms with Crippen molar-refractivity contribution in [3.63, 3.8) is 0 Å². The van der Waals surface area contributed by atoms with Crippen molar-refractivity contribution < 1.29 is 29.3 Å². The molecule has 0 bridgehead atoms. The molecule has 6 heteroatoms. The Kier molecular flexibility index (Phi) is 6.78. The highest BCUT2D eigenvalue weighted by Gasteiger charge is 2.32. The lowest BCUT2D eigenvalue weighted by Crippen LogP contribution is -2.30. The molecule has 0 aliphatic heterocycles. The average molecular weight is 505 g/mol. The van der Waals surface area contributed by atoms with E-state index in [1.54, 1.807) is 24.3 Å². The summed E-state index contributed by atoms with van der Waals surface area (Å²) < 4.78 is 12.3. The maximum absolute atomic E-state index is 11.2. The Morgan fingerprint density at radius 1 is 0.605 bits per heavy atom. The second-order valence-corrected chi connectivity index (χ2v) is 8.84. The van der Waals surface area contributed by atoms with Crippen LogP contribution in [0.4, 0.5) is 0 Å². The lowest BCUT2D eigenvalue weighted by atomic mass is 9.84. The highest BCUT2D eigenvalue weighted by molar-refractivity contribution is 5.88. The van der Waals surface area contributed by atoms with E-state index in [0.29, 0.717) is 17.2 Å². The minimum Gasteiger partial charge on any atom is -0.478 e. The first-order valence-corrected chi connectivity index (χ1v) is 12.0. The van der Waals surface area contributed by atoms with Crippen LogP contribution in [0.2, 0.25) is 0 Å². The topological polar surface area (TPSA) is 93.1 Å². The van der Waals surface area contributed by atoms with Gasteiger partial charge in [-0.25, -0.2) is 9.59 Å². The number of allylic oxidation sites excluding steroid dienone is 2. The molecule has 0 fully saturated rings. The summed E-state index contributed by atoms with van der Waals surface area (Å²) in [4.78, 5) is 22.2. The quantitative estimate of drug-likeness (QED) is 0.250. The van der Waals surface area contributed by atoms with Gasteiger partial charge in [-0.2, -0.15) is 0 Å². The van der Waals surface area contributed by atoms with Gasteiger partial charge in [0.25, 0.3) is 0 Å². The summed E-state index contributed by atoms with van der Waals surface area (Å²) in [5, 5.41) is 18.2. The molecule has 0 spiro atoms. The van der Waals surface area contributed by atoms with E-state index >= 15 is 0 Å². The zero-order chi connectivity index (χ0) is 26.5. The minimum absolute atomic E-state index is 0.0220. The van der Waals surface area contributed by atoms with Gasteiger partial charge in [-0.1, -0.05) is 54.6 Å². The zero-order valence-electron chi connectivity index (χ0n) is 20.2. The Morgan fingerprint density at radius 2 is 1.08 bits per heavy atom. The zero-order valence-corrected chi connectivity index (χ0v) is 20.2. The molecule has 0 aromatic heterocycles. The molecule has 188 valence electrons. The van der Waals surface area contributed by atoms with Gasteiger partial charge in [-0.15, -0.1) is 0 Å². The van der Waals surface area contributed by atoms with Gasteiger partial charge in [0.1, 0.15) is 17.2 Å². The Labute approximate surface area is 219 Å². The van der Waals surface area contributed by atoms with E-state index in [9.17, 15) is 14.7 Å². The second-order valence-electron chi connectivity index (χ2n) is 8.84. The van der Waals surface area contributed by atoms with Crippen LogP contribution >= 0.6 is 0 Å². The third-order valence-electron chi connectivity index (χ3n) is 6.32. The number of carboxylic acids is 2. The molecule has 0 saturated carbocycles. The van der Waals surface area contributed by atoms with Crippen LogP contribution in [0.5, 0.6) is 17.2 Å². The minimum atomic E-state index is -0.984. The molecule has 0 saturated heterocycles. The van der Waals surface area contributed by atoms with Gasteiger partial charge >= 0.3 is 11.9 Å². The summed E-state index contributed by atoms with van der Waals surface area (Å²) in [7, 11) is 0. The molecule has 0 atom stereocenters. The molecule has 4 aromatic rings. The van der Waals surface area contributed by atoms with Gasteiger partial charge in [-0.05, 0) is 78.4 Å². The summed E-state index contributed by atoms with van der Waals surface area (Å²) in [5.41, 5.74) is 1.58. The second kappa shape index (κ2) is 10.5. The van der Waals surface area contributed by atoms with Crippen LogP contribution in [0.1, 0.15) is 37.8 Å². The van der Waals surface area contributed by atoms with Crippen LogP contribution in [-0.2, 0) is 5.60 Å². The smallest absolute Gasteiger partial charge is 0.335 e. The lowest BCUT2D eigenvalue weighted by Gasteiger charge is -2.32. The molecule has 0 amide bonds. The standard InChI is InChI=1S/C32H24O6/c33-30(34)24-8-14-28(15-9-24)37-27-12-6-22(7-13-27)23-18-20-32(21-19-23,26-4-2-1-3-5-26)38-29-16-10-25(11-17-29)31(35)36/h1-21,23H,(H,33,34)(H,35,36). The van der Waals surface area contributed by atoms with Crippen LogP contribution in [-0.4, -0.2) is 22.2 Å². The van der Waals surface area contributed by atoms with Crippen molar-refractivity contribution in [2.24, 2.45) is 0 Å². The molecule has 4 aromatic carbocycles. The predicted octanol–water partition coefficient (Wildman–Crippen LogP) is 7.06. The number of carboxylic acid groups (broad SMARTS) is 2. The van der Waals surface area contributed by atoms with Crippen LogP contribution in [0.25, 0.3) is 0 Å². The van der Waals surface area contributed by atoms with Gasteiger partial charge < -0.3 is 19.7 Å². The Bertz CT molecular complexity index is 1470. The van der Waals surface area contributed by atoms with Crippen molar-refractivity contribution >= 4 is 11.9 Å². The van der Waals surface area contributed by atoms with E-state index in [1.165, 1.54) is 24.3 Å². The molecule has 1 aliphatic carbocycles. The van der Waals surface area contributed by atoms with Crippen LogP contribution < -0.4 is 9.47 Å². The Balaban J connectivity index is 1.33. The highest BCUT2D eigenvalue weighted by atomic mass is 16.5. The van der Waals surface area contributed by atoms with Crippen molar-refractivity contribution in [1.82, 2.24) is 0 Å². The normalized spacial score (nSPS) is 18.1. The summed E-state index contributed by atoms with van der Waals surface area (Å²) in [6, 6.07) is 30.2. The van der Waals surface area contributed by atoms with Gasteiger partial charge in [0, 0.05) is 11.5 Å². The summed E-state index contributed by atoms with van der Waals surface area (Å²) in [6.07, 6.45) is 8.21. The molecule has 0 heterocycles. The SMILES string of the molecule is O=C(O)c1ccc(Oc2ccc(C3C=CC(Oc4ccc(C(=O)O)cc4)(c4ccccc4)C=C3)cc2)cc1. The summed E-state index contributed by atoms with van der Waals surface area (Å²) in [5.74, 6) is -0.179. The van der Waals surface area contributed by atoms with E-state index < -0.39 is 17.5 Å². The number of carbonyl (C=O) groups is 2. The van der Waals surface area contributed by atoms with Crippen molar-refractivity contribution in [2.45, 2.75) is 11.5 Å². The van der Waals surface area contributed by atoms with Gasteiger partial charge in [0.15, 0.2) is 5.60 Å². The average Bonchev–Trinajstić information content (AvgIpc) is 2.95. The number of rotatable bonds is 8. The van der Waals surface area contributed by atoms with E-state index in [0.717, 1.165) is 11.1 Å². The fraction of sp³-hybridized carbons (Fsp3) is 0.0625. The molecule has 6 nitrogen and oxygen atoms in total. The maximum atomic E-state index is 11.2. The monoisotopic (exact) mass is 504 g/mol. The van der Waals surface area contributed by atoms with Crippen molar-refractivity contribution in [3.05, 3.63) is 150 Å². The third kappa shape index (κ3) is 5.34. The van der Waals surface area contributed by atoms with E-state index in [2.05, 4.69) is 12.2 Å². The van der Waals surface area contributed by atoms with Crippen LogP contribution in [0.15, 0.2) is 127 Å². The fourth-order valence-electron chi connectivity index (χ4n) is 4.27. The lowest BCUT2D eigenvalue weighted by molar-refractivity contribution is 0.0686. The number of aromatic carboxylic acids is 2. The third-order valence-corrected chi connectivity index (χ3v) is 6.32. The molecule has 38 heavy (non-hydrogen) atoms. The van der Waals surface area contributed by atoms with Gasteiger partial charge in [0.2, 0.25) is 0 Å². The van der Waals surface area contributed by atoms with Crippen LogP contribution in [0, 0.1) is 0 Å². The molecule has 2 N–H and O–H groups in total. The summed E-state index contributed by atoms with van der Waals surface area (Å²) >= 11 is 0. The first-order valence-electron chi connectivity index (χ1n) is 12.0. The predicted molar refractivity (Wildman–Crippen MR) is 143 cm³/mol. The number of benzene rings is 4. The van der Waals surface area contributed by atoms with Gasteiger partial charge in [-0.3, -0.25) is 0 Å². The number of hydrogen-bond acceptors (Lipinski definition) is 4. The molecule has 1 aliphatic rings. The largest absolute Gasteiger partial charge is 0.478 e. The molecule has 5 rings (SSSR count). The fourth-order valence-corrected chi connectivity index (χ4v) is 4.27. The number of hydrogen-bond donors (Lipinski definition) is 2. The Hall–Kier alpha value is -5.10. The van der Waals surface area contributed by atoms with E-state index in [4.69, 9.17) is 14.6 Å². The molecule has 0 unspecified atom stereocenters.